The third kappa shape index (κ3) is 6.60. The van der Waals surface area contributed by atoms with E-state index in [0.29, 0.717) is 5.69 Å². The summed E-state index contributed by atoms with van der Waals surface area (Å²) in [6.07, 6.45) is -2.54. The van der Waals surface area contributed by atoms with Crippen LogP contribution in [0.4, 0.5) is 14.5 Å². The van der Waals surface area contributed by atoms with Gasteiger partial charge in [-0.15, -0.1) is 0 Å². The normalized spacial score (nSPS) is 11.1. The highest BCUT2D eigenvalue weighted by atomic mass is 79.9. The zero-order valence-corrected chi connectivity index (χ0v) is 11.7. The summed E-state index contributed by atoms with van der Waals surface area (Å²) in [4.78, 5) is 12.9. The first-order valence-electron chi connectivity index (χ1n) is 5.68. The average Bonchev–Trinajstić information content (AvgIpc) is 2.27. The van der Waals surface area contributed by atoms with Crippen molar-refractivity contribution < 1.29 is 18.7 Å². The van der Waals surface area contributed by atoms with Crippen LogP contribution in [0.3, 0.4) is 0 Å². The highest BCUT2D eigenvalue weighted by molar-refractivity contribution is 9.10. The monoisotopic (exact) mass is 336 g/mol. The number of aliphatic hydroxyl groups is 1. The number of hydrogen-bond acceptors (Lipinski definition) is 3. The molecule has 0 aliphatic carbocycles. The molecule has 0 unspecified atom stereocenters. The van der Waals surface area contributed by atoms with Crippen LogP contribution in [0, 0.1) is 0 Å². The minimum absolute atomic E-state index is 0.0379. The van der Waals surface area contributed by atoms with Gasteiger partial charge in [-0.3, -0.25) is 9.69 Å². The van der Waals surface area contributed by atoms with Crippen LogP contribution in [-0.2, 0) is 4.79 Å². The highest BCUT2D eigenvalue weighted by Gasteiger charge is 2.15. The van der Waals surface area contributed by atoms with Crippen molar-refractivity contribution in [2.24, 2.45) is 0 Å². The molecule has 0 bridgehead atoms. The minimum Gasteiger partial charge on any atom is -0.395 e. The summed E-state index contributed by atoms with van der Waals surface area (Å²) in [5.41, 5.74) is 0.584. The molecular weight excluding hydrogens is 322 g/mol. The van der Waals surface area contributed by atoms with Crippen LogP contribution >= 0.6 is 15.9 Å². The Morgan fingerprint density at radius 2 is 2.21 bits per heavy atom. The second-order valence-electron chi connectivity index (χ2n) is 3.91. The molecule has 19 heavy (non-hydrogen) atoms. The van der Waals surface area contributed by atoms with E-state index in [0.717, 1.165) is 4.47 Å². The largest absolute Gasteiger partial charge is 0.395 e. The van der Waals surface area contributed by atoms with Crippen molar-refractivity contribution in [3.8, 4) is 0 Å². The van der Waals surface area contributed by atoms with Gasteiger partial charge in [0.2, 0.25) is 5.91 Å². The second-order valence-corrected chi connectivity index (χ2v) is 4.82. The fourth-order valence-electron chi connectivity index (χ4n) is 1.54. The van der Waals surface area contributed by atoms with Gasteiger partial charge in [0.25, 0.3) is 6.43 Å². The highest BCUT2D eigenvalue weighted by Crippen LogP contribution is 2.15. The molecule has 0 atom stereocenters. The number of aliphatic hydroxyl groups excluding tert-OH is 1. The number of hydrogen-bond donors (Lipinski definition) is 2. The molecule has 0 saturated carbocycles. The summed E-state index contributed by atoms with van der Waals surface area (Å²) >= 11 is 3.27. The van der Waals surface area contributed by atoms with E-state index < -0.39 is 18.9 Å². The van der Waals surface area contributed by atoms with Crippen LogP contribution in [0.1, 0.15) is 0 Å². The van der Waals surface area contributed by atoms with Crippen molar-refractivity contribution in [1.29, 1.82) is 0 Å². The molecule has 1 aromatic rings. The molecule has 0 spiro atoms. The molecular formula is C12H15BrF2N2O2. The molecule has 4 nitrogen and oxygen atoms in total. The molecule has 1 aromatic carbocycles. The number of carbonyl (C=O) groups is 1. The van der Waals surface area contributed by atoms with Gasteiger partial charge in [-0.25, -0.2) is 8.78 Å². The lowest BCUT2D eigenvalue weighted by molar-refractivity contribution is -0.117. The summed E-state index contributed by atoms with van der Waals surface area (Å²) in [5, 5.41) is 11.4. The van der Waals surface area contributed by atoms with Crippen molar-refractivity contribution in [2.75, 3.05) is 31.6 Å². The zero-order valence-electron chi connectivity index (χ0n) is 10.2. The van der Waals surface area contributed by atoms with Gasteiger partial charge < -0.3 is 10.4 Å². The first kappa shape index (κ1) is 16.0. The number of nitrogens with zero attached hydrogens (tertiary/aromatic N) is 1. The van der Waals surface area contributed by atoms with Gasteiger partial charge in [-0.1, -0.05) is 22.0 Å². The van der Waals surface area contributed by atoms with E-state index in [9.17, 15) is 13.6 Å². The lowest BCUT2D eigenvalue weighted by atomic mass is 10.3. The smallest absolute Gasteiger partial charge is 0.251 e. The lowest BCUT2D eigenvalue weighted by Gasteiger charge is -2.20. The van der Waals surface area contributed by atoms with Crippen LogP contribution in [0.25, 0.3) is 0 Å². The van der Waals surface area contributed by atoms with Gasteiger partial charge >= 0.3 is 0 Å². The van der Waals surface area contributed by atoms with E-state index in [-0.39, 0.29) is 19.7 Å². The molecule has 0 radical (unpaired) electrons. The maximum absolute atomic E-state index is 12.3. The van der Waals surface area contributed by atoms with Crippen molar-refractivity contribution >= 4 is 27.5 Å². The Kier molecular flexibility index (Phi) is 6.90. The maximum Gasteiger partial charge on any atom is 0.251 e. The third-order valence-electron chi connectivity index (χ3n) is 2.29. The fourth-order valence-corrected chi connectivity index (χ4v) is 1.94. The number of alkyl halides is 2. The first-order valence-corrected chi connectivity index (χ1v) is 6.47. The van der Waals surface area contributed by atoms with Crippen molar-refractivity contribution in [1.82, 2.24) is 4.90 Å². The Bertz CT molecular complexity index is 418. The molecule has 0 aliphatic rings. The average molecular weight is 337 g/mol. The molecule has 7 heteroatoms. The molecule has 0 heterocycles. The van der Waals surface area contributed by atoms with E-state index in [1.165, 1.54) is 4.90 Å². The van der Waals surface area contributed by atoms with Crippen molar-refractivity contribution in [3.05, 3.63) is 28.7 Å². The second kappa shape index (κ2) is 8.19. The Hall–Kier alpha value is -1.05. The third-order valence-corrected chi connectivity index (χ3v) is 2.78. The van der Waals surface area contributed by atoms with Crippen LogP contribution in [0.15, 0.2) is 28.7 Å². The van der Waals surface area contributed by atoms with E-state index in [2.05, 4.69) is 21.2 Å². The quantitative estimate of drug-likeness (QED) is 0.800. The predicted octanol–water partition coefficient (Wildman–Crippen LogP) is 1.95. The Morgan fingerprint density at radius 3 is 2.79 bits per heavy atom. The topological polar surface area (TPSA) is 52.6 Å². The molecule has 0 fully saturated rings. The van der Waals surface area contributed by atoms with Crippen LogP contribution < -0.4 is 5.32 Å². The van der Waals surface area contributed by atoms with Gasteiger partial charge in [0.15, 0.2) is 0 Å². The summed E-state index contributed by atoms with van der Waals surface area (Å²) < 4.78 is 25.4. The van der Waals surface area contributed by atoms with E-state index >= 15 is 0 Å². The number of anilines is 1. The number of halogens is 3. The number of benzene rings is 1. The molecule has 1 rings (SSSR count). The van der Waals surface area contributed by atoms with Gasteiger partial charge in [0.1, 0.15) is 0 Å². The van der Waals surface area contributed by atoms with Crippen molar-refractivity contribution in [2.45, 2.75) is 6.43 Å². The fraction of sp³-hybridized carbons (Fsp3) is 0.417. The predicted molar refractivity (Wildman–Crippen MR) is 72.3 cm³/mol. The molecule has 0 saturated heterocycles. The number of carbonyl (C=O) groups excluding carboxylic acids is 1. The SMILES string of the molecule is O=C(CN(CCO)CC(F)F)Nc1cccc(Br)c1. The van der Waals surface area contributed by atoms with Crippen LogP contribution in [0.2, 0.25) is 0 Å². The summed E-state index contributed by atoms with van der Waals surface area (Å²) in [6, 6.07) is 6.97. The van der Waals surface area contributed by atoms with E-state index in [4.69, 9.17) is 5.11 Å². The van der Waals surface area contributed by atoms with Gasteiger partial charge in [0.05, 0.1) is 19.7 Å². The Balaban J connectivity index is 2.52. The summed E-state index contributed by atoms with van der Waals surface area (Å²) in [5.74, 6) is -0.396. The zero-order chi connectivity index (χ0) is 14.3. The number of amides is 1. The first-order chi connectivity index (χ1) is 9.01. The Labute approximate surface area is 118 Å². The van der Waals surface area contributed by atoms with E-state index in [1.54, 1.807) is 18.2 Å². The van der Waals surface area contributed by atoms with Gasteiger partial charge in [-0.2, -0.15) is 0 Å². The molecule has 0 aromatic heterocycles. The number of rotatable bonds is 7. The van der Waals surface area contributed by atoms with Gasteiger partial charge in [0, 0.05) is 16.7 Å². The molecule has 0 aliphatic heterocycles. The standard InChI is InChI=1S/C12H15BrF2N2O2/c13-9-2-1-3-10(6-9)16-12(19)8-17(4-5-18)7-11(14)15/h1-3,6,11,18H,4-5,7-8H2,(H,16,19). The molecule has 2 N–H and O–H groups in total. The van der Waals surface area contributed by atoms with Crippen molar-refractivity contribution in [3.63, 3.8) is 0 Å². The van der Waals surface area contributed by atoms with E-state index in [1.807, 2.05) is 6.07 Å². The molecule has 106 valence electrons. The lowest BCUT2D eigenvalue weighted by Crippen LogP contribution is -2.38. The van der Waals surface area contributed by atoms with Gasteiger partial charge in [-0.05, 0) is 18.2 Å². The minimum atomic E-state index is -2.54. The summed E-state index contributed by atoms with van der Waals surface area (Å²) in [6.45, 7) is -0.947. The van der Waals surface area contributed by atoms with Crippen LogP contribution in [0.5, 0.6) is 0 Å². The number of nitrogens with one attached hydrogen (secondary N) is 1. The summed E-state index contributed by atoms with van der Waals surface area (Å²) in [7, 11) is 0. The maximum atomic E-state index is 12.3. The Morgan fingerprint density at radius 1 is 1.47 bits per heavy atom. The molecule has 1 amide bonds. The van der Waals surface area contributed by atoms with Crippen LogP contribution in [-0.4, -0.2) is 48.6 Å².